The fourth-order valence-electron chi connectivity index (χ4n) is 3.39. The Morgan fingerprint density at radius 2 is 1.77 bits per heavy atom. The Balaban J connectivity index is 1.83. The lowest BCUT2D eigenvalue weighted by molar-refractivity contribution is -0.121. The molecule has 0 fully saturated rings. The second kappa shape index (κ2) is 9.22. The third-order valence-corrected chi connectivity index (χ3v) is 4.74. The number of fused-ring (bicyclic) bond motifs is 1. The molecule has 0 unspecified atom stereocenters. The van der Waals surface area contributed by atoms with Crippen LogP contribution in [0.1, 0.15) is 28.0 Å². The third kappa shape index (κ3) is 4.78. The maximum atomic E-state index is 12.9. The first-order chi connectivity index (χ1) is 14.8. The van der Waals surface area contributed by atoms with Gasteiger partial charge in [-0.1, -0.05) is 24.3 Å². The monoisotopic (exact) mass is 418 g/mol. The largest absolute Gasteiger partial charge is 0.451 e. The minimum Gasteiger partial charge on any atom is -0.451 e. The van der Waals surface area contributed by atoms with Gasteiger partial charge in [0.05, 0.1) is 17.9 Å². The van der Waals surface area contributed by atoms with Crippen molar-refractivity contribution in [2.75, 3.05) is 18.1 Å². The van der Waals surface area contributed by atoms with Crippen molar-refractivity contribution in [2.45, 2.75) is 20.3 Å². The van der Waals surface area contributed by atoms with Crippen molar-refractivity contribution in [3.63, 3.8) is 0 Å². The lowest BCUT2D eigenvalue weighted by Gasteiger charge is -2.22. The van der Waals surface area contributed by atoms with Crippen LogP contribution in [0.15, 0.2) is 47.3 Å². The van der Waals surface area contributed by atoms with E-state index in [0.717, 1.165) is 15.8 Å². The number of hydrogen-bond donors (Lipinski definition) is 0. The number of aromatic nitrogens is 2. The van der Waals surface area contributed by atoms with Gasteiger partial charge in [-0.05, 0) is 43.2 Å². The number of hydrogen-bond acceptors (Lipinski definition) is 6. The molecule has 0 aliphatic carbocycles. The van der Waals surface area contributed by atoms with Gasteiger partial charge in [-0.2, -0.15) is 10.4 Å². The predicted octanol–water partition coefficient (Wildman–Crippen LogP) is 2.65. The summed E-state index contributed by atoms with van der Waals surface area (Å²) < 4.78 is 6.31. The summed E-state index contributed by atoms with van der Waals surface area (Å²) in [5, 5.41) is 13.7. The van der Waals surface area contributed by atoms with E-state index in [2.05, 4.69) is 5.10 Å². The Hall–Kier alpha value is -3.99. The van der Waals surface area contributed by atoms with E-state index in [9.17, 15) is 14.4 Å². The van der Waals surface area contributed by atoms with E-state index in [0.29, 0.717) is 16.5 Å². The van der Waals surface area contributed by atoms with Crippen molar-refractivity contribution >= 4 is 28.3 Å². The summed E-state index contributed by atoms with van der Waals surface area (Å²) in [4.78, 5) is 39.2. The van der Waals surface area contributed by atoms with Crippen molar-refractivity contribution in [2.24, 2.45) is 7.05 Å². The fourth-order valence-corrected chi connectivity index (χ4v) is 3.39. The molecule has 0 N–H and O–H groups in total. The fraction of sp³-hybridized carbons (Fsp3) is 0.261. The number of amides is 1. The van der Waals surface area contributed by atoms with E-state index in [-0.39, 0.29) is 24.2 Å². The van der Waals surface area contributed by atoms with Gasteiger partial charge in [0.15, 0.2) is 12.3 Å². The molecule has 1 aromatic heterocycles. The lowest BCUT2D eigenvalue weighted by atomic mass is 10.1. The van der Waals surface area contributed by atoms with Crippen LogP contribution in [0.3, 0.4) is 0 Å². The summed E-state index contributed by atoms with van der Waals surface area (Å²) in [6, 6.07) is 14.3. The maximum absolute atomic E-state index is 12.9. The van der Waals surface area contributed by atoms with Crippen LogP contribution >= 0.6 is 0 Å². The van der Waals surface area contributed by atoms with Crippen LogP contribution in [0.5, 0.6) is 0 Å². The molecule has 3 aromatic rings. The van der Waals surface area contributed by atoms with Gasteiger partial charge < -0.3 is 9.64 Å². The lowest BCUT2D eigenvalue weighted by Crippen LogP contribution is -2.36. The van der Waals surface area contributed by atoms with E-state index < -0.39 is 18.5 Å². The average molecular weight is 418 g/mol. The minimum absolute atomic E-state index is 0.0412. The maximum Gasteiger partial charge on any atom is 0.359 e. The first-order valence-electron chi connectivity index (χ1n) is 9.70. The normalized spacial score (nSPS) is 10.5. The van der Waals surface area contributed by atoms with Crippen molar-refractivity contribution < 1.29 is 14.3 Å². The van der Waals surface area contributed by atoms with Crippen LogP contribution < -0.4 is 10.5 Å². The van der Waals surface area contributed by atoms with Crippen molar-refractivity contribution in [3.05, 3.63) is 69.6 Å². The molecule has 0 saturated carbocycles. The molecule has 3 rings (SSSR count). The molecule has 158 valence electrons. The van der Waals surface area contributed by atoms with Gasteiger partial charge in [0.1, 0.15) is 0 Å². The summed E-state index contributed by atoms with van der Waals surface area (Å²) in [5.74, 6) is -1.26. The number of aryl methyl sites for hydroxylation is 3. The average Bonchev–Trinajstić information content (AvgIpc) is 2.74. The Morgan fingerprint density at radius 3 is 2.42 bits per heavy atom. The number of ether oxygens (including phenoxy) is 1. The van der Waals surface area contributed by atoms with Gasteiger partial charge in [-0.3, -0.25) is 9.59 Å². The molecular weight excluding hydrogens is 396 g/mol. The van der Waals surface area contributed by atoms with Crippen LogP contribution in [-0.4, -0.2) is 34.8 Å². The van der Waals surface area contributed by atoms with E-state index in [1.165, 1.54) is 11.9 Å². The quantitative estimate of drug-likeness (QED) is 0.570. The molecule has 1 amide bonds. The van der Waals surface area contributed by atoms with Crippen molar-refractivity contribution in [1.82, 2.24) is 9.78 Å². The Labute approximate surface area is 179 Å². The molecule has 2 aromatic carbocycles. The third-order valence-electron chi connectivity index (χ3n) is 4.74. The summed E-state index contributed by atoms with van der Waals surface area (Å²) in [6.45, 7) is 3.49. The molecule has 31 heavy (non-hydrogen) atoms. The van der Waals surface area contributed by atoms with E-state index >= 15 is 0 Å². The zero-order valence-corrected chi connectivity index (χ0v) is 17.6. The number of anilines is 1. The van der Waals surface area contributed by atoms with Crippen LogP contribution in [0.25, 0.3) is 10.8 Å². The van der Waals surface area contributed by atoms with Crippen LogP contribution in [-0.2, 0) is 16.6 Å². The standard InChI is InChI=1S/C23H22N4O4/c1-15-11-16(2)13-17(12-15)27(10-6-9-24)20(28)14-31-23(30)21-18-7-4-5-8-19(18)22(29)26(3)25-21/h4-5,7-8,11-13H,6,10,14H2,1-3H3. The van der Waals surface area contributed by atoms with Gasteiger partial charge >= 0.3 is 5.97 Å². The van der Waals surface area contributed by atoms with Gasteiger partial charge in [-0.25, -0.2) is 9.48 Å². The predicted molar refractivity (Wildman–Crippen MR) is 116 cm³/mol. The first kappa shape index (κ1) is 21.7. The van der Waals surface area contributed by atoms with Crippen molar-refractivity contribution in [3.8, 4) is 6.07 Å². The Kier molecular flexibility index (Phi) is 6.46. The Bertz CT molecular complexity index is 1240. The molecule has 0 aliphatic heterocycles. The summed E-state index contributed by atoms with van der Waals surface area (Å²) in [7, 11) is 1.44. The molecule has 0 atom stereocenters. The highest BCUT2D eigenvalue weighted by Gasteiger charge is 2.21. The molecule has 0 aliphatic rings. The number of carbonyl (C=O) groups excluding carboxylic acids is 2. The molecule has 0 bridgehead atoms. The molecule has 8 heteroatoms. The van der Waals surface area contributed by atoms with Crippen LogP contribution in [0.4, 0.5) is 5.69 Å². The summed E-state index contributed by atoms with van der Waals surface area (Å²) in [5.41, 5.74) is 2.21. The van der Waals surface area contributed by atoms with Crippen molar-refractivity contribution in [1.29, 1.82) is 5.26 Å². The first-order valence-corrected chi connectivity index (χ1v) is 9.70. The van der Waals surface area contributed by atoms with E-state index in [4.69, 9.17) is 10.00 Å². The smallest absolute Gasteiger partial charge is 0.359 e. The number of nitrogens with zero attached hydrogens (tertiary/aromatic N) is 4. The highest BCUT2D eigenvalue weighted by Crippen LogP contribution is 2.20. The molecule has 0 radical (unpaired) electrons. The summed E-state index contributed by atoms with van der Waals surface area (Å²) in [6.07, 6.45) is 0.139. The highest BCUT2D eigenvalue weighted by molar-refractivity contribution is 6.03. The van der Waals surface area contributed by atoms with Gasteiger partial charge in [0.2, 0.25) is 0 Å². The zero-order valence-electron chi connectivity index (χ0n) is 17.6. The van der Waals surface area contributed by atoms with E-state index in [1.807, 2.05) is 38.1 Å². The SMILES string of the molecule is Cc1cc(C)cc(N(CCC#N)C(=O)COC(=O)c2nn(C)c(=O)c3ccccc23)c1. The molecule has 8 nitrogen and oxygen atoms in total. The van der Waals surface area contributed by atoms with E-state index in [1.54, 1.807) is 24.3 Å². The molecule has 0 saturated heterocycles. The highest BCUT2D eigenvalue weighted by atomic mass is 16.5. The Morgan fingerprint density at radius 1 is 1.13 bits per heavy atom. The molecule has 0 spiro atoms. The minimum atomic E-state index is -0.805. The number of esters is 1. The van der Waals surface area contributed by atoms with Crippen LogP contribution in [0.2, 0.25) is 0 Å². The van der Waals surface area contributed by atoms with Gasteiger partial charge in [0, 0.05) is 24.7 Å². The molecule has 1 heterocycles. The topological polar surface area (TPSA) is 105 Å². The zero-order chi connectivity index (χ0) is 22.5. The second-order valence-electron chi connectivity index (χ2n) is 7.20. The number of carbonyl (C=O) groups is 2. The van der Waals surface area contributed by atoms with Gasteiger partial charge in [-0.15, -0.1) is 0 Å². The summed E-state index contributed by atoms with van der Waals surface area (Å²) >= 11 is 0. The molecular formula is C23H22N4O4. The second-order valence-corrected chi connectivity index (χ2v) is 7.20. The van der Waals surface area contributed by atoms with Gasteiger partial charge in [0.25, 0.3) is 11.5 Å². The number of nitriles is 1. The number of rotatable bonds is 6. The van der Waals surface area contributed by atoms with Crippen LogP contribution in [0, 0.1) is 25.2 Å². The number of benzene rings is 2.